The molecule has 0 N–H and O–H groups in total. The lowest BCUT2D eigenvalue weighted by atomic mass is 9.93. The van der Waals surface area contributed by atoms with Gasteiger partial charge < -0.3 is 4.90 Å². The molecule has 5 rings (SSSR count). The molecule has 33 heavy (non-hydrogen) atoms. The highest BCUT2D eigenvalue weighted by Crippen LogP contribution is 2.45. The predicted octanol–water partition coefficient (Wildman–Crippen LogP) is 6.87. The second-order valence-corrected chi connectivity index (χ2v) is 9.29. The molecule has 4 heteroatoms. The van der Waals surface area contributed by atoms with Crippen LogP contribution in [0.3, 0.4) is 0 Å². The fourth-order valence-electron chi connectivity index (χ4n) is 4.44. The summed E-state index contributed by atoms with van der Waals surface area (Å²) in [5.74, 6) is -0.0665. The van der Waals surface area contributed by atoms with Gasteiger partial charge in [0.25, 0.3) is 0 Å². The lowest BCUT2D eigenvalue weighted by Gasteiger charge is -2.28. The summed E-state index contributed by atoms with van der Waals surface area (Å²) in [5.41, 5.74) is 3.59. The second kappa shape index (κ2) is 9.55. The van der Waals surface area contributed by atoms with Crippen molar-refractivity contribution < 1.29 is 9.59 Å². The summed E-state index contributed by atoms with van der Waals surface area (Å²) < 4.78 is 0. The Hall–Kier alpha value is -3.50. The normalized spacial score (nSPS) is 13.6. The van der Waals surface area contributed by atoms with E-state index >= 15 is 0 Å². The second-order valence-electron chi connectivity index (χ2n) is 8.29. The average molecular weight is 452 g/mol. The fourth-order valence-corrected chi connectivity index (χ4v) is 5.78. The molecule has 4 aromatic rings. The van der Waals surface area contributed by atoms with Crippen molar-refractivity contribution in [1.82, 2.24) is 0 Å². The maximum absolute atomic E-state index is 13.9. The molecule has 0 radical (unpaired) electrons. The topological polar surface area (TPSA) is 37.4 Å². The first-order valence-electron chi connectivity index (χ1n) is 11.4. The van der Waals surface area contributed by atoms with E-state index in [-0.39, 0.29) is 11.6 Å². The molecule has 1 saturated heterocycles. The predicted molar refractivity (Wildman–Crippen MR) is 136 cm³/mol. The van der Waals surface area contributed by atoms with Crippen molar-refractivity contribution in [2.24, 2.45) is 0 Å². The molecule has 164 valence electrons. The Balaban J connectivity index is 1.76. The minimum absolute atomic E-state index is 0.0293. The van der Waals surface area contributed by atoms with Gasteiger partial charge in [0.2, 0.25) is 5.78 Å². The van der Waals surface area contributed by atoms with E-state index in [0.717, 1.165) is 42.1 Å². The molecule has 0 amide bonds. The van der Waals surface area contributed by atoms with E-state index in [1.165, 1.54) is 17.8 Å². The number of nitrogens with zero attached hydrogens (tertiary/aromatic N) is 1. The molecule has 3 aromatic carbocycles. The van der Waals surface area contributed by atoms with Crippen molar-refractivity contribution in [2.75, 3.05) is 18.0 Å². The number of piperidine rings is 1. The van der Waals surface area contributed by atoms with Crippen LogP contribution in [-0.4, -0.2) is 24.7 Å². The van der Waals surface area contributed by atoms with Crippen LogP contribution >= 0.6 is 11.3 Å². The number of hydrogen-bond donors (Lipinski definition) is 0. The molecule has 0 bridgehead atoms. The standard InChI is InChI=1S/C29H25NO2S/c31-26(22-15-7-2-8-16-22)25-24(21-13-5-1-6-14-21)28(27(32)23-17-9-3-10-18-23)33-29(25)30-19-11-4-12-20-30/h1-3,5-10,13-18H,4,11-12,19-20H2. The molecule has 3 nitrogen and oxygen atoms in total. The number of hydrogen-bond acceptors (Lipinski definition) is 4. The summed E-state index contributed by atoms with van der Waals surface area (Å²) in [6.45, 7) is 1.81. The number of carbonyl (C=O) groups excluding carboxylic acids is 2. The third kappa shape index (κ3) is 4.27. The summed E-state index contributed by atoms with van der Waals surface area (Å²) in [7, 11) is 0. The smallest absolute Gasteiger partial charge is 0.203 e. The summed E-state index contributed by atoms with van der Waals surface area (Å²) in [6, 6.07) is 28.6. The SMILES string of the molecule is O=C(c1ccccc1)c1sc(N2CCCCC2)c(C(=O)c2ccccc2)c1-c1ccccc1. The van der Waals surface area contributed by atoms with Crippen LogP contribution in [0.5, 0.6) is 0 Å². The number of benzene rings is 3. The molecule has 0 aliphatic carbocycles. The Morgan fingerprint density at radius 3 is 1.73 bits per heavy atom. The first kappa shape index (κ1) is 21.4. The van der Waals surface area contributed by atoms with Crippen LogP contribution in [0.2, 0.25) is 0 Å². The van der Waals surface area contributed by atoms with E-state index in [9.17, 15) is 9.59 Å². The van der Waals surface area contributed by atoms with Crippen molar-refractivity contribution in [3.05, 3.63) is 113 Å². The van der Waals surface area contributed by atoms with Crippen molar-refractivity contribution >= 4 is 27.9 Å². The van der Waals surface area contributed by atoms with Crippen molar-refractivity contribution in [2.45, 2.75) is 19.3 Å². The van der Waals surface area contributed by atoms with Crippen LogP contribution in [0.15, 0.2) is 91.0 Å². The van der Waals surface area contributed by atoms with Gasteiger partial charge in [-0.15, -0.1) is 11.3 Å². The summed E-state index contributed by atoms with van der Waals surface area (Å²) in [4.78, 5) is 30.6. The zero-order valence-corrected chi connectivity index (χ0v) is 19.2. The van der Waals surface area contributed by atoms with Crippen LogP contribution in [0, 0.1) is 0 Å². The molecule has 1 aliphatic heterocycles. The van der Waals surface area contributed by atoms with Gasteiger partial charge in [-0.2, -0.15) is 0 Å². The zero-order valence-electron chi connectivity index (χ0n) is 18.4. The quantitative estimate of drug-likeness (QED) is 0.300. The van der Waals surface area contributed by atoms with Crippen molar-refractivity contribution in [1.29, 1.82) is 0 Å². The summed E-state index contributed by atoms with van der Waals surface area (Å²) >= 11 is 1.47. The Morgan fingerprint density at radius 1 is 0.636 bits per heavy atom. The van der Waals surface area contributed by atoms with Crippen LogP contribution in [0.4, 0.5) is 5.00 Å². The molecule has 1 aliphatic rings. The first-order valence-corrected chi connectivity index (χ1v) is 12.2. The van der Waals surface area contributed by atoms with Gasteiger partial charge in [0.1, 0.15) is 5.00 Å². The summed E-state index contributed by atoms with van der Waals surface area (Å²) in [5, 5.41) is 0.918. The molecular formula is C29H25NO2S. The van der Waals surface area contributed by atoms with E-state index in [2.05, 4.69) is 4.90 Å². The Bertz CT molecular complexity index is 1260. The molecule has 0 spiro atoms. The Morgan fingerprint density at radius 2 is 1.15 bits per heavy atom. The highest BCUT2D eigenvalue weighted by atomic mass is 32.1. The van der Waals surface area contributed by atoms with Gasteiger partial charge in [-0.1, -0.05) is 91.0 Å². The number of thiophene rings is 1. The molecule has 2 heterocycles. The van der Waals surface area contributed by atoms with Gasteiger partial charge in [0, 0.05) is 29.8 Å². The number of carbonyl (C=O) groups is 2. The molecule has 0 saturated carbocycles. The minimum atomic E-state index is -0.0372. The fraction of sp³-hybridized carbons (Fsp3) is 0.172. The first-order chi connectivity index (χ1) is 16.2. The van der Waals surface area contributed by atoms with E-state index in [1.54, 1.807) is 0 Å². The van der Waals surface area contributed by atoms with E-state index in [1.807, 2.05) is 91.0 Å². The largest absolute Gasteiger partial charge is 0.363 e. The van der Waals surface area contributed by atoms with Crippen LogP contribution < -0.4 is 4.90 Å². The third-order valence-electron chi connectivity index (χ3n) is 6.10. The number of ketones is 2. The molecule has 1 aromatic heterocycles. The zero-order chi connectivity index (χ0) is 22.6. The molecule has 1 fully saturated rings. The molecule has 0 atom stereocenters. The van der Waals surface area contributed by atoms with E-state index < -0.39 is 0 Å². The van der Waals surface area contributed by atoms with Crippen LogP contribution in [-0.2, 0) is 0 Å². The average Bonchev–Trinajstić information content (AvgIpc) is 3.30. The van der Waals surface area contributed by atoms with Crippen LogP contribution in [0.25, 0.3) is 11.1 Å². The van der Waals surface area contributed by atoms with Gasteiger partial charge in [0.15, 0.2) is 5.78 Å². The number of anilines is 1. The Kier molecular flexibility index (Phi) is 6.18. The Labute approximate surface area is 198 Å². The van der Waals surface area contributed by atoms with Crippen molar-refractivity contribution in [3.8, 4) is 11.1 Å². The lowest BCUT2D eigenvalue weighted by molar-refractivity contribution is 0.103. The third-order valence-corrected chi connectivity index (χ3v) is 7.35. The van der Waals surface area contributed by atoms with E-state index in [0.29, 0.717) is 21.6 Å². The van der Waals surface area contributed by atoms with Gasteiger partial charge in [0.05, 0.1) is 10.4 Å². The van der Waals surface area contributed by atoms with Gasteiger partial charge >= 0.3 is 0 Å². The van der Waals surface area contributed by atoms with Crippen LogP contribution in [0.1, 0.15) is 50.4 Å². The molecule has 0 unspecified atom stereocenters. The lowest BCUT2D eigenvalue weighted by Crippen LogP contribution is -2.29. The van der Waals surface area contributed by atoms with E-state index in [4.69, 9.17) is 0 Å². The van der Waals surface area contributed by atoms with Crippen molar-refractivity contribution in [3.63, 3.8) is 0 Å². The maximum Gasteiger partial charge on any atom is 0.203 e. The van der Waals surface area contributed by atoms with Gasteiger partial charge in [-0.3, -0.25) is 9.59 Å². The highest BCUT2D eigenvalue weighted by Gasteiger charge is 2.31. The minimum Gasteiger partial charge on any atom is -0.363 e. The number of rotatable bonds is 6. The summed E-state index contributed by atoms with van der Waals surface area (Å²) in [6.07, 6.45) is 3.39. The molecular weight excluding hydrogens is 426 g/mol. The monoisotopic (exact) mass is 451 g/mol. The highest BCUT2D eigenvalue weighted by molar-refractivity contribution is 7.19. The van der Waals surface area contributed by atoms with Gasteiger partial charge in [-0.25, -0.2) is 0 Å². The van der Waals surface area contributed by atoms with Gasteiger partial charge in [-0.05, 0) is 24.8 Å². The maximum atomic E-state index is 13.9.